The van der Waals surface area contributed by atoms with Gasteiger partial charge in [-0.3, -0.25) is 0 Å². The van der Waals surface area contributed by atoms with E-state index in [1.807, 2.05) is 14.0 Å². The van der Waals surface area contributed by atoms with Crippen LogP contribution in [0.4, 0.5) is 11.8 Å². The Bertz CT molecular complexity index is 572. The first-order chi connectivity index (χ1) is 9.60. The Morgan fingerprint density at radius 1 is 1.40 bits per heavy atom. The van der Waals surface area contributed by atoms with Crippen molar-refractivity contribution >= 4 is 39.0 Å². The number of hydrogen-bond acceptors (Lipinski definition) is 6. The second kappa shape index (κ2) is 6.99. The van der Waals surface area contributed by atoms with E-state index < -0.39 is 0 Å². The van der Waals surface area contributed by atoms with Gasteiger partial charge >= 0.3 is 0 Å². The van der Waals surface area contributed by atoms with Gasteiger partial charge in [-0.05, 0) is 29.3 Å². The van der Waals surface area contributed by atoms with E-state index in [4.69, 9.17) is 0 Å². The highest BCUT2D eigenvalue weighted by Gasteiger charge is 2.11. The second-order valence-corrected chi connectivity index (χ2v) is 6.42. The van der Waals surface area contributed by atoms with Crippen molar-refractivity contribution in [2.24, 2.45) is 0 Å². The van der Waals surface area contributed by atoms with E-state index in [2.05, 4.69) is 53.4 Å². The Kier molecular flexibility index (Phi) is 5.31. The van der Waals surface area contributed by atoms with Gasteiger partial charge in [-0.15, -0.1) is 11.3 Å². The van der Waals surface area contributed by atoms with Crippen LogP contribution in [0, 0.1) is 6.92 Å². The van der Waals surface area contributed by atoms with E-state index in [9.17, 15) is 0 Å². The summed E-state index contributed by atoms with van der Waals surface area (Å²) in [5.74, 6) is 1.52. The molecule has 0 amide bonds. The summed E-state index contributed by atoms with van der Waals surface area (Å²) in [7, 11) is 2.01. The van der Waals surface area contributed by atoms with Crippen LogP contribution in [-0.4, -0.2) is 28.5 Å². The molecule has 0 spiro atoms. The van der Waals surface area contributed by atoms with Crippen molar-refractivity contribution in [3.05, 3.63) is 26.8 Å². The van der Waals surface area contributed by atoms with Crippen molar-refractivity contribution in [2.75, 3.05) is 23.8 Å². The Morgan fingerprint density at radius 2 is 2.20 bits per heavy atom. The molecule has 20 heavy (non-hydrogen) atoms. The smallest absolute Gasteiger partial charge is 0.224 e. The summed E-state index contributed by atoms with van der Waals surface area (Å²) in [6.45, 7) is 5.73. The van der Waals surface area contributed by atoms with Crippen LogP contribution in [0.15, 0.2) is 16.0 Å². The molecule has 0 saturated heterocycles. The lowest BCUT2D eigenvalue weighted by Crippen LogP contribution is -2.19. The molecule has 5 nitrogen and oxygen atoms in total. The van der Waals surface area contributed by atoms with Gasteiger partial charge in [0.05, 0.1) is 21.7 Å². The molecule has 2 heterocycles. The number of hydrogen-bond donors (Lipinski definition) is 1. The second-order valence-electron chi connectivity index (χ2n) is 4.51. The summed E-state index contributed by atoms with van der Waals surface area (Å²) in [5, 5.41) is 6.37. The molecule has 0 unspecified atom stereocenters. The van der Waals surface area contributed by atoms with Crippen molar-refractivity contribution < 1.29 is 0 Å². The fourth-order valence-corrected chi connectivity index (χ4v) is 2.84. The first-order valence-electron chi connectivity index (χ1n) is 6.48. The molecule has 0 saturated carbocycles. The summed E-state index contributed by atoms with van der Waals surface area (Å²) in [6, 6.07) is 0. The molecule has 0 aromatic carbocycles. The third kappa shape index (κ3) is 3.89. The maximum absolute atomic E-state index is 4.55. The summed E-state index contributed by atoms with van der Waals surface area (Å²) < 4.78 is 0.883. The van der Waals surface area contributed by atoms with Gasteiger partial charge in [-0.25, -0.2) is 9.97 Å². The van der Waals surface area contributed by atoms with Crippen LogP contribution >= 0.6 is 27.3 Å². The number of rotatable bonds is 6. The summed E-state index contributed by atoms with van der Waals surface area (Å²) in [5.41, 5.74) is 1.06. The lowest BCUT2D eigenvalue weighted by molar-refractivity contribution is 0.858. The van der Waals surface area contributed by atoms with Gasteiger partial charge in [-0.2, -0.15) is 4.98 Å². The van der Waals surface area contributed by atoms with Crippen LogP contribution in [-0.2, 0) is 6.54 Å². The third-order valence-electron chi connectivity index (χ3n) is 2.69. The Balaban J connectivity index is 2.13. The number of nitrogens with one attached hydrogen (secondary N) is 1. The molecule has 0 fully saturated rings. The number of aryl methyl sites for hydroxylation is 1. The number of anilines is 2. The Morgan fingerprint density at radius 3 is 2.85 bits per heavy atom. The van der Waals surface area contributed by atoms with Crippen LogP contribution in [0.5, 0.6) is 0 Å². The number of halogens is 1. The number of aromatic nitrogens is 3. The van der Waals surface area contributed by atoms with Crippen molar-refractivity contribution in [3.63, 3.8) is 0 Å². The molecule has 0 radical (unpaired) electrons. The van der Waals surface area contributed by atoms with E-state index in [-0.39, 0.29) is 0 Å². The molecule has 0 bridgehead atoms. The predicted molar refractivity (Wildman–Crippen MR) is 87.5 cm³/mol. The fourth-order valence-electron chi connectivity index (χ4n) is 1.75. The predicted octanol–water partition coefficient (Wildman–Crippen LogP) is 3.46. The molecule has 1 N–H and O–H groups in total. The zero-order valence-electron chi connectivity index (χ0n) is 11.9. The van der Waals surface area contributed by atoms with Crippen molar-refractivity contribution in [1.82, 2.24) is 15.0 Å². The molecule has 0 aliphatic rings. The van der Waals surface area contributed by atoms with Crippen LogP contribution in [0.3, 0.4) is 0 Å². The monoisotopic (exact) mass is 355 g/mol. The average molecular weight is 356 g/mol. The van der Waals surface area contributed by atoms with Crippen molar-refractivity contribution in [3.8, 4) is 0 Å². The van der Waals surface area contributed by atoms with E-state index >= 15 is 0 Å². The number of nitrogens with zero attached hydrogens (tertiary/aromatic N) is 4. The average Bonchev–Trinajstić information content (AvgIpc) is 2.83. The molecule has 0 aliphatic carbocycles. The maximum atomic E-state index is 4.55. The zero-order chi connectivity index (χ0) is 14.5. The highest BCUT2D eigenvalue weighted by molar-refractivity contribution is 9.10. The quantitative estimate of drug-likeness (QED) is 0.859. The van der Waals surface area contributed by atoms with Gasteiger partial charge in [0.2, 0.25) is 5.95 Å². The van der Waals surface area contributed by atoms with Gasteiger partial charge in [-0.1, -0.05) is 6.92 Å². The van der Waals surface area contributed by atoms with Crippen molar-refractivity contribution in [1.29, 1.82) is 0 Å². The lowest BCUT2D eigenvalue weighted by Gasteiger charge is -2.19. The highest BCUT2D eigenvalue weighted by atomic mass is 79.9. The van der Waals surface area contributed by atoms with E-state index in [0.717, 1.165) is 40.5 Å². The molecule has 2 rings (SSSR count). The summed E-state index contributed by atoms with van der Waals surface area (Å²) in [6.07, 6.45) is 2.83. The summed E-state index contributed by atoms with van der Waals surface area (Å²) in [4.78, 5) is 15.4. The minimum absolute atomic E-state index is 0.659. The van der Waals surface area contributed by atoms with Crippen LogP contribution < -0.4 is 10.2 Å². The molecular formula is C13H18BrN5S. The molecule has 0 aliphatic heterocycles. The fraction of sp³-hybridized carbons (Fsp3) is 0.462. The van der Waals surface area contributed by atoms with E-state index in [1.54, 1.807) is 17.5 Å². The molecule has 2 aromatic heterocycles. The minimum atomic E-state index is 0.659. The molecular weight excluding hydrogens is 338 g/mol. The number of thiazole rings is 1. The Labute approximate surface area is 131 Å². The molecule has 108 valence electrons. The largest absolute Gasteiger partial charge is 0.354 e. The van der Waals surface area contributed by atoms with Crippen LogP contribution in [0.25, 0.3) is 0 Å². The van der Waals surface area contributed by atoms with E-state index in [0.29, 0.717) is 5.95 Å². The first-order valence-corrected chi connectivity index (χ1v) is 8.16. The van der Waals surface area contributed by atoms with Crippen molar-refractivity contribution in [2.45, 2.75) is 26.8 Å². The Hall–Kier alpha value is -1.21. The SMILES string of the molecule is CCCNc1ncc(Br)c(N(C)Cc2csc(C)n2)n1. The van der Waals surface area contributed by atoms with Crippen LogP contribution in [0.1, 0.15) is 24.0 Å². The first kappa shape index (κ1) is 15.2. The van der Waals surface area contributed by atoms with E-state index in [1.165, 1.54) is 0 Å². The van der Waals surface area contributed by atoms with Gasteiger partial charge < -0.3 is 10.2 Å². The minimum Gasteiger partial charge on any atom is -0.354 e. The van der Waals surface area contributed by atoms with Gasteiger partial charge in [0.1, 0.15) is 5.82 Å². The molecule has 7 heteroatoms. The van der Waals surface area contributed by atoms with Gasteiger partial charge in [0.15, 0.2) is 0 Å². The lowest BCUT2D eigenvalue weighted by atomic mass is 10.4. The molecule has 2 aromatic rings. The standard InChI is InChI=1S/C13H18BrN5S/c1-4-5-15-13-16-6-11(14)12(18-13)19(3)7-10-8-20-9(2)17-10/h6,8H,4-5,7H2,1-3H3,(H,15,16,18). The molecule has 0 atom stereocenters. The van der Waals surface area contributed by atoms with Crippen LogP contribution in [0.2, 0.25) is 0 Å². The highest BCUT2D eigenvalue weighted by Crippen LogP contribution is 2.24. The summed E-state index contributed by atoms with van der Waals surface area (Å²) >= 11 is 5.17. The zero-order valence-corrected chi connectivity index (χ0v) is 14.3. The normalized spacial score (nSPS) is 10.6. The topological polar surface area (TPSA) is 53.9 Å². The van der Waals surface area contributed by atoms with Gasteiger partial charge in [0, 0.05) is 25.2 Å². The van der Waals surface area contributed by atoms with Gasteiger partial charge in [0.25, 0.3) is 0 Å². The third-order valence-corrected chi connectivity index (χ3v) is 4.07. The maximum Gasteiger partial charge on any atom is 0.224 e.